The van der Waals surface area contributed by atoms with E-state index in [1.54, 1.807) is 0 Å². The first kappa shape index (κ1) is 16.7. The third-order valence-corrected chi connectivity index (χ3v) is 3.54. The number of nitrogens with two attached hydrogens (primary N) is 1. The Morgan fingerprint density at radius 2 is 1.77 bits per heavy atom. The fraction of sp³-hybridized carbons (Fsp3) is 0.0714. The second-order valence-electron chi connectivity index (χ2n) is 4.27. The number of carbonyl (C=O) groups is 1. The number of amides is 1. The maximum Gasteiger partial charge on any atom is 0.262 e. The fourth-order valence-corrected chi connectivity index (χ4v) is 2.30. The zero-order chi connectivity index (χ0) is 16.3. The largest absolute Gasteiger partial charge is 0.482 e. The normalized spacial score (nSPS) is 10.4. The van der Waals surface area contributed by atoms with Gasteiger partial charge in [0.2, 0.25) is 0 Å². The highest BCUT2D eigenvalue weighted by molar-refractivity contribution is 6.39. The van der Waals surface area contributed by atoms with E-state index in [1.807, 2.05) is 0 Å². The lowest BCUT2D eigenvalue weighted by Crippen LogP contribution is -2.20. The van der Waals surface area contributed by atoms with Crippen LogP contribution in [0, 0.1) is 5.82 Å². The van der Waals surface area contributed by atoms with Gasteiger partial charge in [-0.25, -0.2) is 4.39 Å². The first-order valence-corrected chi connectivity index (χ1v) is 7.12. The van der Waals surface area contributed by atoms with Gasteiger partial charge in [-0.05, 0) is 30.3 Å². The van der Waals surface area contributed by atoms with Gasteiger partial charge in [0.05, 0.1) is 20.8 Å². The Hall–Kier alpha value is -1.69. The fourth-order valence-electron chi connectivity index (χ4n) is 1.59. The third kappa shape index (κ3) is 4.16. The second kappa shape index (κ2) is 7.05. The summed E-state index contributed by atoms with van der Waals surface area (Å²) in [6.45, 7) is -0.315. The number of hydrogen-bond donors (Lipinski definition) is 2. The number of carbonyl (C=O) groups excluding carboxylic acids is 1. The van der Waals surface area contributed by atoms with Crippen LogP contribution < -0.4 is 15.8 Å². The average molecular weight is 364 g/mol. The first-order valence-electron chi connectivity index (χ1n) is 5.99. The van der Waals surface area contributed by atoms with E-state index in [9.17, 15) is 9.18 Å². The molecule has 0 spiro atoms. The predicted octanol–water partition coefficient (Wildman–Crippen LogP) is 4.39. The molecule has 0 aliphatic carbocycles. The number of hydrogen-bond acceptors (Lipinski definition) is 3. The van der Waals surface area contributed by atoms with Gasteiger partial charge in [-0.15, -0.1) is 0 Å². The number of nitrogen functional groups attached to an aromatic ring is 1. The SMILES string of the molecule is Nc1c(Cl)cc(NC(=O)COc2ccc(F)cc2Cl)cc1Cl. The average Bonchev–Trinajstić information content (AvgIpc) is 2.43. The third-order valence-electron chi connectivity index (χ3n) is 2.62. The molecule has 1 amide bonds. The van der Waals surface area contributed by atoms with Crippen molar-refractivity contribution in [2.24, 2.45) is 0 Å². The predicted molar refractivity (Wildman–Crippen MR) is 86.4 cm³/mol. The van der Waals surface area contributed by atoms with E-state index in [0.717, 1.165) is 6.07 Å². The Balaban J connectivity index is 1.99. The molecule has 0 unspecified atom stereocenters. The van der Waals surface area contributed by atoms with Crippen molar-refractivity contribution in [3.8, 4) is 5.75 Å². The number of anilines is 2. The van der Waals surface area contributed by atoms with E-state index in [2.05, 4.69) is 5.32 Å². The second-order valence-corrected chi connectivity index (χ2v) is 5.49. The van der Waals surface area contributed by atoms with Crippen LogP contribution >= 0.6 is 34.8 Å². The van der Waals surface area contributed by atoms with Crippen molar-refractivity contribution in [1.82, 2.24) is 0 Å². The lowest BCUT2D eigenvalue weighted by atomic mass is 10.3. The maximum absolute atomic E-state index is 12.9. The van der Waals surface area contributed by atoms with Gasteiger partial charge in [0.25, 0.3) is 5.91 Å². The van der Waals surface area contributed by atoms with Crippen LogP contribution in [0.5, 0.6) is 5.75 Å². The number of ether oxygens (including phenoxy) is 1. The van der Waals surface area contributed by atoms with Gasteiger partial charge in [0, 0.05) is 5.69 Å². The standard InChI is InChI=1S/C14H10Cl3FN2O2/c15-9-3-7(18)1-2-12(9)22-6-13(21)20-8-4-10(16)14(19)11(17)5-8/h1-5H,6,19H2,(H,20,21). The van der Waals surface area contributed by atoms with Gasteiger partial charge in [-0.2, -0.15) is 0 Å². The zero-order valence-corrected chi connectivity index (χ0v) is 13.3. The molecule has 3 N–H and O–H groups in total. The summed E-state index contributed by atoms with van der Waals surface area (Å²) in [5, 5.41) is 3.08. The molecule has 2 aromatic carbocycles. The van der Waals surface area contributed by atoms with Gasteiger partial charge in [-0.1, -0.05) is 34.8 Å². The highest BCUT2D eigenvalue weighted by Crippen LogP contribution is 2.31. The summed E-state index contributed by atoms with van der Waals surface area (Å²) in [6.07, 6.45) is 0. The van der Waals surface area contributed by atoms with Crippen molar-refractivity contribution < 1.29 is 13.9 Å². The van der Waals surface area contributed by atoms with Crippen LogP contribution in [-0.2, 0) is 4.79 Å². The Bertz CT molecular complexity index is 702. The molecule has 0 saturated heterocycles. The van der Waals surface area contributed by atoms with E-state index < -0.39 is 11.7 Å². The molecule has 4 nitrogen and oxygen atoms in total. The molecule has 0 aliphatic heterocycles. The molecule has 0 saturated carbocycles. The minimum absolute atomic E-state index is 0.0753. The number of halogens is 4. The summed E-state index contributed by atoms with van der Waals surface area (Å²) < 4.78 is 18.1. The van der Waals surface area contributed by atoms with Gasteiger partial charge in [-0.3, -0.25) is 4.79 Å². The van der Waals surface area contributed by atoms with Crippen molar-refractivity contribution in [2.75, 3.05) is 17.7 Å². The number of benzene rings is 2. The minimum atomic E-state index is -0.493. The van der Waals surface area contributed by atoms with Crippen LogP contribution in [0.4, 0.5) is 15.8 Å². The quantitative estimate of drug-likeness (QED) is 0.792. The smallest absolute Gasteiger partial charge is 0.262 e. The molecule has 0 radical (unpaired) electrons. The lowest BCUT2D eigenvalue weighted by molar-refractivity contribution is -0.118. The maximum atomic E-state index is 12.9. The summed E-state index contributed by atoms with van der Waals surface area (Å²) in [6, 6.07) is 6.53. The van der Waals surface area contributed by atoms with Gasteiger partial charge < -0.3 is 15.8 Å². The molecule has 22 heavy (non-hydrogen) atoms. The molecule has 2 aromatic rings. The van der Waals surface area contributed by atoms with Crippen LogP contribution in [0.2, 0.25) is 15.1 Å². The molecule has 0 aliphatic rings. The van der Waals surface area contributed by atoms with Crippen LogP contribution in [0.15, 0.2) is 30.3 Å². The summed E-state index contributed by atoms with van der Waals surface area (Å²) in [7, 11) is 0. The molecule has 0 heterocycles. The van der Waals surface area contributed by atoms with Gasteiger partial charge in [0.1, 0.15) is 11.6 Å². The Kier molecular flexibility index (Phi) is 5.34. The van der Waals surface area contributed by atoms with Gasteiger partial charge in [0.15, 0.2) is 6.61 Å². The van der Waals surface area contributed by atoms with Gasteiger partial charge >= 0.3 is 0 Å². The van der Waals surface area contributed by atoms with Crippen LogP contribution in [0.25, 0.3) is 0 Å². The zero-order valence-electron chi connectivity index (χ0n) is 11.0. The highest BCUT2D eigenvalue weighted by Gasteiger charge is 2.10. The van der Waals surface area contributed by atoms with Crippen molar-refractivity contribution in [3.05, 3.63) is 51.2 Å². The topological polar surface area (TPSA) is 64.3 Å². The van der Waals surface area contributed by atoms with Crippen molar-refractivity contribution in [1.29, 1.82) is 0 Å². The molecule has 2 rings (SSSR count). The lowest BCUT2D eigenvalue weighted by Gasteiger charge is -2.10. The highest BCUT2D eigenvalue weighted by atomic mass is 35.5. The Morgan fingerprint density at radius 3 is 2.36 bits per heavy atom. The summed E-state index contributed by atoms with van der Waals surface area (Å²) >= 11 is 17.5. The van der Waals surface area contributed by atoms with E-state index in [1.165, 1.54) is 24.3 Å². The molecule has 0 bridgehead atoms. The van der Waals surface area contributed by atoms with Crippen LogP contribution in [0.3, 0.4) is 0 Å². The molecular formula is C14H10Cl3FN2O2. The summed E-state index contributed by atoms with van der Waals surface area (Å²) in [5.41, 5.74) is 6.21. The van der Waals surface area contributed by atoms with E-state index >= 15 is 0 Å². The molecule has 0 fully saturated rings. The molecule has 8 heteroatoms. The van der Waals surface area contributed by atoms with Crippen LogP contribution in [-0.4, -0.2) is 12.5 Å². The molecular weight excluding hydrogens is 354 g/mol. The minimum Gasteiger partial charge on any atom is -0.482 e. The molecule has 0 atom stereocenters. The van der Waals surface area contributed by atoms with E-state index in [-0.39, 0.29) is 33.1 Å². The first-order chi connectivity index (χ1) is 10.4. The molecule has 116 valence electrons. The van der Waals surface area contributed by atoms with Crippen molar-refractivity contribution in [2.45, 2.75) is 0 Å². The Morgan fingerprint density at radius 1 is 1.14 bits per heavy atom. The monoisotopic (exact) mass is 362 g/mol. The number of rotatable bonds is 4. The summed E-state index contributed by atoms with van der Waals surface area (Å²) in [5.74, 6) is -0.753. The van der Waals surface area contributed by atoms with E-state index in [4.69, 9.17) is 45.3 Å². The Labute approximate surface area is 140 Å². The van der Waals surface area contributed by atoms with E-state index in [0.29, 0.717) is 5.69 Å². The van der Waals surface area contributed by atoms with Crippen LogP contribution in [0.1, 0.15) is 0 Å². The molecule has 0 aromatic heterocycles. The summed E-state index contributed by atoms with van der Waals surface area (Å²) in [4.78, 5) is 11.8. The van der Waals surface area contributed by atoms with Crippen molar-refractivity contribution in [3.63, 3.8) is 0 Å². The van der Waals surface area contributed by atoms with Crippen molar-refractivity contribution >= 4 is 52.1 Å². The number of nitrogens with one attached hydrogen (secondary N) is 1.